The minimum Gasteiger partial charge on any atom is -0.348 e. The van der Waals surface area contributed by atoms with Gasteiger partial charge in [0.25, 0.3) is 0 Å². The van der Waals surface area contributed by atoms with Gasteiger partial charge in [0.15, 0.2) is 6.29 Å². The molecule has 0 amide bonds. The van der Waals surface area contributed by atoms with Gasteiger partial charge in [-0.2, -0.15) is 0 Å². The summed E-state index contributed by atoms with van der Waals surface area (Å²) in [4.78, 5) is 0. The van der Waals surface area contributed by atoms with E-state index in [0.717, 1.165) is 25.2 Å². The van der Waals surface area contributed by atoms with Crippen LogP contribution in [-0.2, 0) is 22.3 Å². The van der Waals surface area contributed by atoms with Crippen molar-refractivity contribution in [3.63, 3.8) is 0 Å². The molecule has 2 aromatic carbocycles. The van der Waals surface area contributed by atoms with Crippen molar-refractivity contribution in [3.05, 3.63) is 70.8 Å². The lowest BCUT2D eigenvalue weighted by Gasteiger charge is -2.30. The molecule has 26 heavy (non-hydrogen) atoms. The SMILES string of the molecule is CCCCc1ccc(C2COC(c3ccc(CCCC)cc3)OC2)cc1. The number of rotatable bonds is 8. The summed E-state index contributed by atoms with van der Waals surface area (Å²) in [6.45, 7) is 5.90. The molecule has 2 nitrogen and oxygen atoms in total. The molecule has 3 rings (SSSR count). The molecule has 1 fully saturated rings. The van der Waals surface area contributed by atoms with Gasteiger partial charge in [0, 0.05) is 11.5 Å². The van der Waals surface area contributed by atoms with Gasteiger partial charge in [-0.05, 0) is 42.4 Å². The Hall–Kier alpha value is -1.64. The standard InChI is InChI=1S/C24H32O2/c1-3-5-7-19-9-13-21(14-10-19)23-17-25-24(26-18-23)22-15-11-20(12-16-22)8-6-4-2/h9-16,23-24H,3-8,17-18H2,1-2H3. The second-order valence-corrected chi connectivity index (χ2v) is 7.39. The third-order valence-corrected chi connectivity index (χ3v) is 5.24. The van der Waals surface area contributed by atoms with Crippen molar-refractivity contribution >= 4 is 0 Å². The molecule has 1 aliphatic heterocycles. The van der Waals surface area contributed by atoms with E-state index in [1.54, 1.807) is 0 Å². The largest absolute Gasteiger partial charge is 0.348 e. The molecule has 0 radical (unpaired) electrons. The highest BCUT2D eigenvalue weighted by Gasteiger charge is 2.24. The van der Waals surface area contributed by atoms with E-state index in [2.05, 4.69) is 62.4 Å². The van der Waals surface area contributed by atoms with Crippen molar-refractivity contribution in [2.45, 2.75) is 64.6 Å². The maximum Gasteiger partial charge on any atom is 0.183 e. The molecule has 0 N–H and O–H groups in total. The van der Waals surface area contributed by atoms with Crippen LogP contribution >= 0.6 is 0 Å². The summed E-state index contributed by atoms with van der Waals surface area (Å²) >= 11 is 0. The number of ether oxygens (including phenoxy) is 2. The van der Waals surface area contributed by atoms with Crippen molar-refractivity contribution < 1.29 is 9.47 Å². The fourth-order valence-corrected chi connectivity index (χ4v) is 3.45. The second-order valence-electron chi connectivity index (χ2n) is 7.39. The van der Waals surface area contributed by atoms with Crippen LogP contribution in [0.5, 0.6) is 0 Å². The summed E-state index contributed by atoms with van der Waals surface area (Å²) in [6, 6.07) is 17.7. The number of benzene rings is 2. The third-order valence-electron chi connectivity index (χ3n) is 5.24. The lowest BCUT2D eigenvalue weighted by atomic mass is 9.97. The first kappa shape index (κ1) is 19.1. The van der Waals surface area contributed by atoms with Crippen molar-refractivity contribution in [1.29, 1.82) is 0 Å². The Morgan fingerprint density at radius 2 is 1.15 bits per heavy atom. The summed E-state index contributed by atoms with van der Waals surface area (Å²) in [6.07, 6.45) is 7.08. The van der Waals surface area contributed by atoms with Gasteiger partial charge in [-0.15, -0.1) is 0 Å². The number of unbranched alkanes of at least 4 members (excludes halogenated alkanes) is 2. The molecule has 0 aromatic heterocycles. The zero-order valence-electron chi connectivity index (χ0n) is 16.2. The minimum absolute atomic E-state index is 0.227. The molecule has 0 aliphatic carbocycles. The van der Waals surface area contributed by atoms with E-state index in [9.17, 15) is 0 Å². The van der Waals surface area contributed by atoms with Crippen LogP contribution in [0.15, 0.2) is 48.5 Å². The molecule has 2 heteroatoms. The molecule has 140 valence electrons. The van der Waals surface area contributed by atoms with Gasteiger partial charge in [0.05, 0.1) is 13.2 Å². The highest BCUT2D eigenvalue weighted by molar-refractivity contribution is 5.27. The smallest absolute Gasteiger partial charge is 0.183 e. The van der Waals surface area contributed by atoms with Crippen molar-refractivity contribution in [1.82, 2.24) is 0 Å². The molecular formula is C24H32O2. The quantitative estimate of drug-likeness (QED) is 0.563. The minimum atomic E-state index is -0.227. The van der Waals surface area contributed by atoms with E-state index in [-0.39, 0.29) is 6.29 Å². The molecule has 1 saturated heterocycles. The van der Waals surface area contributed by atoms with Gasteiger partial charge >= 0.3 is 0 Å². The van der Waals surface area contributed by atoms with E-state index in [1.165, 1.54) is 48.8 Å². The lowest BCUT2D eigenvalue weighted by molar-refractivity contribution is -0.191. The Morgan fingerprint density at radius 1 is 0.692 bits per heavy atom. The maximum absolute atomic E-state index is 6.02. The number of hydrogen-bond donors (Lipinski definition) is 0. The Morgan fingerprint density at radius 3 is 1.62 bits per heavy atom. The summed E-state index contributed by atoms with van der Waals surface area (Å²) in [5.41, 5.74) is 5.26. The van der Waals surface area contributed by atoms with Gasteiger partial charge in [-0.1, -0.05) is 75.2 Å². The molecule has 0 saturated carbocycles. The zero-order chi connectivity index (χ0) is 18.2. The predicted octanol–water partition coefficient (Wildman–Crippen LogP) is 6.20. The van der Waals surface area contributed by atoms with Crippen LogP contribution in [0.25, 0.3) is 0 Å². The van der Waals surface area contributed by atoms with Crippen LogP contribution in [0.4, 0.5) is 0 Å². The topological polar surface area (TPSA) is 18.5 Å². The molecule has 0 bridgehead atoms. The van der Waals surface area contributed by atoms with Crippen LogP contribution in [0.1, 0.15) is 74.0 Å². The van der Waals surface area contributed by atoms with Crippen LogP contribution in [0.3, 0.4) is 0 Å². The first-order valence-corrected chi connectivity index (χ1v) is 10.2. The molecule has 2 aromatic rings. The van der Waals surface area contributed by atoms with Gasteiger partial charge in [0.1, 0.15) is 0 Å². The highest BCUT2D eigenvalue weighted by atomic mass is 16.7. The van der Waals surface area contributed by atoms with E-state index >= 15 is 0 Å². The van der Waals surface area contributed by atoms with E-state index in [4.69, 9.17) is 9.47 Å². The van der Waals surface area contributed by atoms with E-state index < -0.39 is 0 Å². The fourth-order valence-electron chi connectivity index (χ4n) is 3.45. The van der Waals surface area contributed by atoms with E-state index in [1.807, 2.05) is 0 Å². The summed E-state index contributed by atoms with van der Waals surface area (Å²) in [5, 5.41) is 0. The van der Waals surface area contributed by atoms with Gasteiger partial charge in [-0.25, -0.2) is 0 Å². The molecular weight excluding hydrogens is 320 g/mol. The summed E-state index contributed by atoms with van der Waals surface area (Å²) < 4.78 is 12.0. The average Bonchev–Trinajstić information content (AvgIpc) is 2.72. The molecule has 0 atom stereocenters. The first-order valence-electron chi connectivity index (χ1n) is 10.2. The number of hydrogen-bond acceptors (Lipinski definition) is 2. The van der Waals surface area contributed by atoms with Crippen LogP contribution in [0.2, 0.25) is 0 Å². The van der Waals surface area contributed by atoms with Gasteiger partial charge < -0.3 is 9.47 Å². The Kier molecular flexibility index (Phi) is 7.28. The Balaban J connectivity index is 1.52. The fraction of sp³-hybridized carbons (Fsp3) is 0.500. The van der Waals surface area contributed by atoms with Crippen LogP contribution < -0.4 is 0 Å². The van der Waals surface area contributed by atoms with Gasteiger partial charge in [-0.3, -0.25) is 0 Å². The average molecular weight is 353 g/mol. The Bertz CT molecular complexity index is 577. The Labute approximate surface area is 158 Å². The monoisotopic (exact) mass is 352 g/mol. The molecule has 1 aliphatic rings. The van der Waals surface area contributed by atoms with Crippen molar-refractivity contribution in [2.75, 3.05) is 13.2 Å². The van der Waals surface area contributed by atoms with Crippen LogP contribution in [0, 0.1) is 0 Å². The normalized spacial score (nSPS) is 20.2. The maximum atomic E-state index is 6.02. The first-order chi connectivity index (χ1) is 12.8. The highest BCUT2D eigenvalue weighted by Crippen LogP contribution is 2.30. The molecule has 1 heterocycles. The van der Waals surface area contributed by atoms with Crippen LogP contribution in [-0.4, -0.2) is 13.2 Å². The van der Waals surface area contributed by atoms with Gasteiger partial charge in [0.2, 0.25) is 0 Å². The predicted molar refractivity (Wildman–Crippen MR) is 107 cm³/mol. The summed E-state index contributed by atoms with van der Waals surface area (Å²) in [5.74, 6) is 0.329. The second kappa shape index (κ2) is 9.89. The summed E-state index contributed by atoms with van der Waals surface area (Å²) in [7, 11) is 0. The molecule has 0 unspecified atom stereocenters. The van der Waals surface area contributed by atoms with Crippen molar-refractivity contribution in [3.8, 4) is 0 Å². The lowest BCUT2D eigenvalue weighted by Crippen LogP contribution is -2.25. The van der Waals surface area contributed by atoms with E-state index in [0.29, 0.717) is 5.92 Å². The third kappa shape index (κ3) is 5.18. The zero-order valence-corrected chi connectivity index (χ0v) is 16.2. The van der Waals surface area contributed by atoms with Crippen molar-refractivity contribution in [2.24, 2.45) is 0 Å². The number of aryl methyl sites for hydroxylation is 2. The molecule has 0 spiro atoms.